The lowest BCUT2D eigenvalue weighted by Crippen LogP contribution is -2.45. The van der Waals surface area contributed by atoms with Gasteiger partial charge in [0.05, 0.1) is 24.3 Å². The van der Waals surface area contributed by atoms with Gasteiger partial charge in [-0.3, -0.25) is 14.4 Å². The van der Waals surface area contributed by atoms with Crippen molar-refractivity contribution in [1.29, 1.82) is 0 Å². The van der Waals surface area contributed by atoms with Gasteiger partial charge in [-0.1, -0.05) is 66.7 Å². The van der Waals surface area contributed by atoms with Gasteiger partial charge in [0.25, 0.3) is 0 Å². The van der Waals surface area contributed by atoms with Crippen molar-refractivity contribution in [1.82, 2.24) is 4.90 Å². The van der Waals surface area contributed by atoms with E-state index in [4.69, 9.17) is 0 Å². The summed E-state index contributed by atoms with van der Waals surface area (Å²) in [5, 5.41) is 2.85. The van der Waals surface area contributed by atoms with Crippen LogP contribution in [0.5, 0.6) is 0 Å². The Bertz CT molecular complexity index is 1160. The number of carbonyl (C=O) groups is 3. The van der Waals surface area contributed by atoms with Gasteiger partial charge >= 0.3 is 0 Å². The van der Waals surface area contributed by atoms with Gasteiger partial charge in [0.15, 0.2) is 0 Å². The van der Waals surface area contributed by atoms with Crippen molar-refractivity contribution in [3.05, 3.63) is 84.4 Å². The van der Waals surface area contributed by atoms with Crippen molar-refractivity contribution in [3.8, 4) is 11.1 Å². The van der Waals surface area contributed by atoms with Crippen LogP contribution in [0.15, 0.2) is 78.9 Å². The maximum atomic E-state index is 13.2. The zero-order chi connectivity index (χ0) is 23.4. The first-order valence-electron chi connectivity index (χ1n) is 11.0. The van der Waals surface area contributed by atoms with Crippen molar-refractivity contribution in [2.75, 3.05) is 23.8 Å². The van der Waals surface area contributed by atoms with E-state index in [1.807, 2.05) is 79.7 Å². The van der Waals surface area contributed by atoms with E-state index in [-0.39, 0.29) is 43.1 Å². The van der Waals surface area contributed by atoms with Crippen LogP contribution >= 0.6 is 0 Å². The lowest BCUT2D eigenvalue weighted by molar-refractivity contribution is -0.133. The molecule has 0 fully saturated rings. The molecule has 1 heterocycles. The second-order valence-electron chi connectivity index (χ2n) is 8.37. The minimum atomic E-state index is -0.310. The van der Waals surface area contributed by atoms with Gasteiger partial charge < -0.3 is 15.1 Å². The summed E-state index contributed by atoms with van der Waals surface area (Å²) in [7, 11) is 1.64. The minimum absolute atomic E-state index is 0.0617. The van der Waals surface area contributed by atoms with E-state index in [1.165, 1.54) is 4.90 Å². The molecule has 33 heavy (non-hydrogen) atoms. The molecule has 6 nitrogen and oxygen atoms in total. The molecule has 0 aliphatic carbocycles. The number of hydrogen-bond donors (Lipinski definition) is 1. The zero-order valence-corrected chi connectivity index (χ0v) is 18.8. The fourth-order valence-electron chi connectivity index (χ4n) is 4.09. The minimum Gasteiger partial charge on any atom is -0.336 e. The number of carbonyl (C=O) groups excluding carboxylic acids is 3. The number of amides is 3. The average Bonchev–Trinajstić information content (AvgIpc) is 2.94. The first-order valence-corrected chi connectivity index (χ1v) is 11.0. The summed E-state index contributed by atoms with van der Waals surface area (Å²) >= 11 is 0. The smallest absolute Gasteiger partial charge is 0.246 e. The summed E-state index contributed by atoms with van der Waals surface area (Å²) in [6.07, 6.45) is 0.414. The molecule has 0 saturated heterocycles. The third-order valence-electron chi connectivity index (χ3n) is 5.84. The van der Waals surface area contributed by atoms with Crippen LogP contribution in [0.2, 0.25) is 0 Å². The molecule has 1 atom stereocenters. The van der Waals surface area contributed by atoms with Crippen molar-refractivity contribution in [2.45, 2.75) is 25.8 Å². The van der Waals surface area contributed by atoms with Crippen molar-refractivity contribution >= 4 is 29.1 Å². The molecule has 6 heteroatoms. The molecule has 1 aliphatic heterocycles. The van der Waals surface area contributed by atoms with Crippen LogP contribution in [-0.4, -0.2) is 42.3 Å². The van der Waals surface area contributed by atoms with Crippen LogP contribution < -0.4 is 10.2 Å². The van der Waals surface area contributed by atoms with E-state index >= 15 is 0 Å². The molecular weight excluding hydrogens is 414 g/mol. The number of benzene rings is 3. The Morgan fingerprint density at radius 2 is 1.58 bits per heavy atom. The van der Waals surface area contributed by atoms with Crippen LogP contribution in [0.3, 0.4) is 0 Å². The SMILES string of the molecule is C[C@H]1CC(=O)Nc2ccccc2N1C(=O)CN(C)C(=O)Cc1ccc(-c2ccccc2)cc1. The molecule has 1 N–H and O–H groups in total. The second-order valence-corrected chi connectivity index (χ2v) is 8.37. The van der Waals surface area contributed by atoms with Gasteiger partial charge in [0.1, 0.15) is 0 Å². The quantitative estimate of drug-likeness (QED) is 0.648. The molecule has 4 rings (SSSR count). The Morgan fingerprint density at radius 3 is 2.30 bits per heavy atom. The van der Waals surface area contributed by atoms with Crippen LogP contribution in [0, 0.1) is 0 Å². The lowest BCUT2D eigenvalue weighted by atomic mass is 10.0. The lowest BCUT2D eigenvalue weighted by Gasteiger charge is -2.29. The third-order valence-corrected chi connectivity index (χ3v) is 5.84. The van der Waals surface area contributed by atoms with Crippen LogP contribution in [0.25, 0.3) is 11.1 Å². The Morgan fingerprint density at radius 1 is 0.939 bits per heavy atom. The topological polar surface area (TPSA) is 69.7 Å². The number of likely N-dealkylation sites (N-methyl/N-ethyl adjacent to an activating group) is 1. The second kappa shape index (κ2) is 9.69. The molecule has 0 bridgehead atoms. The number of anilines is 2. The van der Waals surface area contributed by atoms with Crippen molar-refractivity contribution < 1.29 is 14.4 Å². The van der Waals surface area contributed by atoms with Gasteiger partial charge in [-0.15, -0.1) is 0 Å². The summed E-state index contributed by atoms with van der Waals surface area (Å²) in [6.45, 7) is 1.78. The molecule has 0 spiro atoms. The number of fused-ring (bicyclic) bond motifs is 1. The van der Waals surface area contributed by atoms with Crippen LogP contribution in [-0.2, 0) is 20.8 Å². The van der Waals surface area contributed by atoms with Gasteiger partial charge in [0.2, 0.25) is 17.7 Å². The molecule has 3 aromatic carbocycles. The normalized spacial score (nSPS) is 15.3. The molecule has 0 saturated carbocycles. The summed E-state index contributed by atoms with van der Waals surface area (Å²) in [4.78, 5) is 41.2. The number of hydrogen-bond acceptors (Lipinski definition) is 3. The average molecular weight is 442 g/mol. The molecule has 0 unspecified atom stereocenters. The standard InChI is InChI=1S/C27H27N3O3/c1-19-16-25(31)28-23-10-6-7-11-24(23)30(19)27(33)18-29(2)26(32)17-20-12-14-22(15-13-20)21-8-4-3-5-9-21/h3-15,19H,16-18H2,1-2H3,(H,28,31)/t19-/m0/s1. The number of nitrogens with one attached hydrogen (secondary N) is 1. The Hall–Kier alpha value is -3.93. The number of rotatable bonds is 5. The zero-order valence-electron chi connectivity index (χ0n) is 18.8. The van der Waals surface area contributed by atoms with Gasteiger partial charge in [-0.2, -0.15) is 0 Å². The Labute approximate surface area is 193 Å². The number of para-hydroxylation sites is 2. The molecule has 168 valence electrons. The third kappa shape index (κ3) is 5.12. The summed E-state index contributed by atoms with van der Waals surface area (Å²) in [6, 6.07) is 24.9. The monoisotopic (exact) mass is 441 g/mol. The van der Waals surface area contributed by atoms with Crippen molar-refractivity contribution in [2.24, 2.45) is 0 Å². The number of nitrogens with zero attached hydrogens (tertiary/aromatic N) is 2. The van der Waals surface area contributed by atoms with Crippen LogP contribution in [0.4, 0.5) is 11.4 Å². The van der Waals surface area contributed by atoms with Gasteiger partial charge in [-0.05, 0) is 35.7 Å². The fourth-order valence-corrected chi connectivity index (χ4v) is 4.09. The largest absolute Gasteiger partial charge is 0.336 e. The maximum Gasteiger partial charge on any atom is 0.246 e. The maximum absolute atomic E-state index is 13.2. The summed E-state index contributed by atoms with van der Waals surface area (Å²) < 4.78 is 0. The molecule has 0 radical (unpaired) electrons. The van der Waals surface area contributed by atoms with Gasteiger partial charge in [-0.25, -0.2) is 0 Å². The summed E-state index contributed by atoms with van der Waals surface area (Å²) in [5.74, 6) is -0.490. The highest BCUT2D eigenvalue weighted by Crippen LogP contribution is 2.31. The Balaban J connectivity index is 1.42. The fraction of sp³-hybridized carbons (Fsp3) is 0.222. The Kier molecular flexibility index (Phi) is 6.54. The van der Waals surface area contributed by atoms with Crippen molar-refractivity contribution in [3.63, 3.8) is 0 Å². The van der Waals surface area contributed by atoms with E-state index in [1.54, 1.807) is 18.0 Å². The molecular formula is C27H27N3O3. The highest BCUT2D eigenvalue weighted by Gasteiger charge is 2.30. The first-order chi connectivity index (χ1) is 15.9. The van der Waals surface area contributed by atoms with Gasteiger partial charge in [0, 0.05) is 19.5 Å². The molecule has 3 aromatic rings. The summed E-state index contributed by atoms with van der Waals surface area (Å²) in [5.41, 5.74) is 4.36. The predicted octanol–water partition coefficient (Wildman–Crippen LogP) is 4.12. The molecule has 0 aromatic heterocycles. The van der Waals surface area contributed by atoms with E-state index in [2.05, 4.69) is 5.32 Å². The van der Waals surface area contributed by atoms with E-state index in [0.717, 1.165) is 16.7 Å². The molecule has 3 amide bonds. The highest BCUT2D eigenvalue weighted by molar-refractivity contribution is 6.05. The highest BCUT2D eigenvalue weighted by atomic mass is 16.2. The first kappa shape index (κ1) is 22.3. The van der Waals surface area contributed by atoms with Crippen LogP contribution in [0.1, 0.15) is 18.9 Å². The van der Waals surface area contributed by atoms with E-state index < -0.39 is 0 Å². The van der Waals surface area contributed by atoms with E-state index in [9.17, 15) is 14.4 Å². The predicted molar refractivity (Wildman–Crippen MR) is 130 cm³/mol. The van der Waals surface area contributed by atoms with E-state index in [0.29, 0.717) is 11.4 Å². The molecule has 1 aliphatic rings.